The average molecular weight is 1180 g/mol. The standard InChI is InChI=1S/C70H67N4O.Pt/c1-67(2,3)49-34-32-47(33-35-49)46-28-30-48(31-29-46)58-40-51(69(7,8)9)41-59(55-22-13-15-24-60(55)70(10,11)12)66(58)73-45-72(62-26-17-18-27-63(62)73)52-20-19-21-53(43-52)75-54-36-37-57-56-23-14-16-25-61(56)74(64(57)44-54)65-42-50(38-39-71-65)68(4,5)6;/h13-42,45H,1-12H3;/q-3;. The smallest absolute Gasteiger partial charge is 0.135 e. The van der Waals surface area contributed by atoms with Crippen LogP contribution in [0.1, 0.15) is 105 Å². The van der Waals surface area contributed by atoms with Crippen LogP contribution in [-0.4, -0.2) is 9.55 Å². The van der Waals surface area contributed by atoms with Gasteiger partial charge in [-0.25, -0.2) is 4.98 Å². The minimum atomic E-state index is -0.131. The van der Waals surface area contributed by atoms with E-state index in [0.717, 1.165) is 61.5 Å². The van der Waals surface area contributed by atoms with Crippen LogP contribution in [0.25, 0.3) is 61.0 Å². The van der Waals surface area contributed by atoms with E-state index in [0.29, 0.717) is 11.5 Å². The van der Waals surface area contributed by atoms with E-state index in [1.54, 1.807) is 0 Å². The van der Waals surface area contributed by atoms with Crippen LogP contribution in [0.15, 0.2) is 182 Å². The van der Waals surface area contributed by atoms with Crippen molar-refractivity contribution in [1.82, 2.24) is 9.55 Å². The maximum Gasteiger partial charge on any atom is 0.135 e. The number of hydrogen-bond donors (Lipinski definition) is 0. The Morgan fingerprint density at radius 2 is 1.04 bits per heavy atom. The largest absolute Gasteiger partial charge is 0.509 e. The summed E-state index contributed by atoms with van der Waals surface area (Å²) in [5, 5.41) is 2.23. The molecule has 0 saturated heterocycles. The van der Waals surface area contributed by atoms with E-state index in [9.17, 15) is 0 Å². The predicted molar refractivity (Wildman–Crippen MR) is 315 cm³/mol. The van der Waals surface area contributed by atoms with Crippen molar-refractivity contribution in [3.8, 4) is 50.7 Å². The van der Waals surface area contributed by atoms with E-state index in [1.165, 1.54) is 44.5 Å². The summed E-state index contributed by atoms with van der Waals surface area (Å²) in [4.78, 5) is 9.53. The first-order chi connectivity index (χ1) is 35.7. The molecule has 1 aliphatic rings. The summed E-state index contributed by atoms with van der Waals surface area (Å²) >= 11 is 0. The SMILES string of the molecule is CC(C)(C)c1ccc(-c2ccc(-c3cc(C(C)(C)C)cc(-c4ccccc4C(C)(C)C)c3N3[CH-]N(c4[c-]c(Oc5[c-]c6c(cc5)c5ccccc5n6-c5cc(C(C)(C)C)ccn5)ccc4)c4ccccc43)cc2)cc1.[Pt]. The maximum absolute atomic E-state index is 6.76. The molecule has 11 rings (SSSR count). The van der Waals surface area contributed by atoms with Crippen molar-refractivity contribution in [2.45, 2.75) is 105 Å². The van der Waals surface area contributed by atoms with E-state index in [2.05, 4.69) is 274 Å². The molecule has 0 bridgehead atoms. The van der Waals surface area contributed by atoms with Gasteiger partial charge in [-0.3, -0.25) is 0 Å². The van der Waals surface area contributed by atoms with Crippen LogP contribution in [0.2, 0.25) is 0 Å². The van der Waals surface area contributed by atoms with Gasteiger partial charge in [0.2, 0.25) is 0 Å². The molecule has 0 unspecified atom stereocenters. The van der Waals surface area contributed by atoms with Gasteiger partial charge in [0.1, 0.15) is 5.82 Å². The third-order valence-electron chi connectivity index (χ3n) is 14.8. The first-order valence-electron chi connectivity index (χ1n) is 26.4. The summed E-state index contributed by atoms with van der Waals surface area (Å²) in [6.07, 6.45) is 1.91. The normalized spacial score (nSPS) is 13.1. The maximum atomic E-state index is 6.76. The second-order valence-electron chi connectivity index (χ2n) is 24.3. The molecule has 3 heterocycles. The number of fused-ring (bicyclic) bond motifs is 4. The van der Waals surface area contributed by atoms with Crippen molar-refractivity contribution in [3.05, 3.63) is 223 Å². The van der Waals surface area contributed by atoms with Gasteiger partial charge in [-0.05, 0) is 114 Å². The molecule has 0 radical (unpaired) electrons. The van der Waals surface area contributed by atoms with Crippen molar-refractivity contribution in [3.63, 3.8) is 0 Å². The molecule has 386 valence electrons. The number of nitrogens with zero attached hydrogens (tertiary/aromatic N) is 4. The first-order valence-corrected chi connectivity index (χ1v) is 26.4. The van der Waals surface area contributed by atoms with Crippen LogP contribution in [-0.2, 0) is 42.7 Å². The summed E-state index contributed by atoms with van der Waals surface area (Å²) in [5.74, 6) is 2.03. The molecule has 1 aliphatic heterocycles. The number of para-hydroxylation sites is 3. The van der Waals surface area contributed by atoms with Crippen LogP contribution in [0, 0.1) is 18.8 Å². The summed E-state index contributed by atoms with van der Waals surface area (Å²) < 4.78 is 8.96. The van der Waals surface area contributed by atoms with Gasteiger partial charge in [-0.1, -0.05) is 192 Å². The van der Waals surface area contributed by atoms with E-state index in [4.69, 9.17) is 9.72 Å². The second kappa shape index (κ2) is 19.7. The zero-order valence-electron chi connectivity index (χ0n) is 45.9. The Bertz CT molecular complexity index is 3760. The molecule has 0 fully saturated rings. The Hall–Kier alpha value is -7.20. The van der Waals surface area contributed by atoms with Gasteiger partial charge in [0, 0.05) is 72.5 Å². The Labute approximate surface area is 465 Å². The van der Waals surface area contributed by atoms with Gasteiger partial charge in [-0.15, -0.1) is 48.1 Å². The Kier molecular flexibility index (Phi) is 13.6. The molecule has 8 aromatic carbocycles. The van der Waals surface area contributed by atoms with Gasteiger partial charge >= 0.3 is 0 Å². The molecule has 0 amide bonds. The molecule has 5 nitrogen and oxygen atoms in total. The van der Waals surface area contributed by atoms with Crippen LogP contribution < -0.4 is 14.5 Å². The molecule has 0 N–H and O–H groups in total. The molecule has 0 spiro atoms. The van der Waals surface area contributed by atoms with Crippen molar-refractivity contribution in [2.24, 2.45) is 0 Å². The summed E-state index contributed by atoms with van der Waals surface area (Å²) in [7, 11) is 0. The van der Waals surface area contributed by atoms with Crippen LogP contribution in [0.4, 0.5) is 22.7 Å². The Morgan fingerprint density at radius 3 is 1.72 bits per heavy atom. The quantitative estimate of drug-likeness (QED) is 0.142. The number of pyridine rings is 1. The fourth-order valence-corrected chi connectivity index (χ4v) is 10.5. The summed E-state index contributed by atoms with van der Waals surface area (Å²) in [6.45, 7) is 29.6. The minimum Gasteiger partial charge on any atom is -0.509 e. The van der Waals surface area contributed by atoms with Crippen LogP contribution in [0.5, 0.6) is 11.5 Å². The van der Waals surface area contributed by atoms with Crippen molar-refractivity contribution < 1.29 is 25.8 Å². The average Bonchev–Trinajstić information content (AvgIpc) is 4.06. The molecular formula is C70H67N4OPt-3. The molecule has 76 heavy (non-hydrogen) atoms. The van der Waals surface area contributed by atoms with Gasteiger partial charge in [0.05, 0.1) is 0 Å². The zero-order valence-corrected chi connectivity index (χ0v) is 48.2. The summed E-state index contributed by atoms with van der Waals surface area (Å²) in [5.41, 5.74) is 18.1. The predicted octanol–water partition coefficient (Wildman–Crippen LogP) is 19.2. The minimum absolute atomic E-state index is 0. The third kappa shape index (κ3) is 9.91. The number of anilines is 4. The van der Waals surface area contributed by atoms with Gasteiger partial charge in [-0.2, -0.15) is 12.1 Å². The van der Waals surface area contributed by atoms with Gasteiger partial charge in [0.15, 0.2) is 0 Å². The van der Waals surface area contributed by atoms with E-state index >= 15 is 0 Å². The molecule has 2 aromatic heterocycles. The number of ether oxygens (including phenoxy) is 1. The van der Waals surface area contributed by atoms with Crippen molar-refractivity contribution in [1.29, 1.82) is 0 Å². The molecular weight excluding hydrogens is 1110 g/mol. The number of benzene rings is 8. The van der Waals surface area contributed by atoms with E-state index < -0.39 is 0 Å². The molecule has 6 heteroatoms. The van der Waals surface area contributed by atoms with Crippen molar-refractivity contribution >= 4 is 44.6 Å². The van der Waals surface area contributed by atoms with E-state index in [1.807, 2.05) is 24.4 Å². The van der Waals surface area contributed by atoms with E-state index in [-0.39, 0.29) is 42.7 Å². The summed E-state index contributed by atoms with van der Waals surface area (Å²) in [6, 6.07) is 71.1. The van der Waals surface area contributed by atoms with Gasteiger partial charge in [0.25, 0.3) is 0 Å². The van der Waals surface area contributed by atoms with Crippen molar-refractivity contribution in [2.75, 3.05) is 9.80 Å². The number of rotatable bonds is 8. The fraction of sp³-hybridized carbons (Fsp3) is 0.229. The van der Waals surface area contributed by atoms with Crippen LogP contribution >= 0.6 is 0 Å². The second-order valence-corrected chi connectivity index (χ2v) is 24.3. The number of aromatic nitrogens is 2. The zero-order chi connectivity index (χ0) is 52.6. The first kappa shape index (κ1) is 52.2. The Balaban J connectivity index is 0.00000657. The number of hydrogen-bond acceptors (Lipinski definition) is 4. The molecule has 10 aromatic rings. The van der Waals surface area contributed by atoms with Gasteiger partial charge < -0.3 is 19.1 Å². The molecule has 0 saturated carbocycles. The Morgan fingerprint density at radius 1 is 0.447 bits per heavy atom. The topological polar surface area (TPSA) is 33.5 Å². The molecule has 0 atom stereocenters. The monoisotopic (exact) mass is 1170 g/mol. The third-order valence-corrected chi connectivity index (χ3v) is 14.8. The fourth-order valence-electron chi connectivity index (χ4n) is 10.5. The van der Waals surface area contributed by atoms with Crippen LogP contribution in [0.3, 0.4) is 0 Å². The molecule has 0 aliphatic carbocycles.